The zero-order valence-corrected chi connectivity index (χ0v) is 22.4. The van der Waals surface area contributed by atoms with Crippen molar-refractivity contribution in [2.24, 2.45) is 5.73 Å². The molecule has 0 fully saturated rings. The van der Waals surface area contributed by atoms with Crippen molar-refractivity contribution in [1.82, 2.24) is 0 Å². The maximum atomic E-state index is 12.7. The van der Waals surface area contributed by atoms with Crippen LogP contribution in [0.3, 0.4) is 0 Å². The minimum absolute atomic E-state index is 0.171. The molecule has 0 spiro atoms. The fourth-order valence-corrected chi connectivity index (χ4v) is 2.03. The van der Waals surface area contributed by atoms with Crippen molar-refractivity contribution in [1.29, 1.82) is 0 Å². The van der Waals surface area contributed by atoms with Crippen molar-refractivity contribution in [3.05, 3.63) is 114 Å². The van der Waals surface area contributed by atoms with Gasteiger partial charge < -0.3 is 10.5 Å². The van der Waals surface area contributed by atoms with Crippen LogP contribution in [0.1, 0.15) is 37.0 Å². The van der Waals surface area contributed by atoms with Gasteiger partial charge in [-0.05, 0) is 56.8 Å². The topological polar surface area (TPSA) is 35.2 Å². The summed E-state index contributed by atoms with van der Waals surface area (Å²) in [5.41, 5.74) is 7.32. The van der Waals surface area contributed by atoms with Gasteiger partial charge in [0.25, 0.3) is 0 Å². The summed E-state index contributed by atoms with van der Waals surface area (Å²) < 4.78 is 76.7. The van der Waals surface area contributed by atoms with Crippen LogP contribution in [0.4, 0.5) is 26.3 Å². The first-order valence-electron chi connectivity index (χ1n) is 11.3. The van der Waals surface area contributed by atoms with Crippen LogP contribution in [0.5, 0.6) is 5.75 Å². The lowest BCUT2D eigenvalue weighted by Crippen LogP contribution is -2.33. The fraction of sp³-hybridized carbons (Fsp3) is 0.267. The molecule has 0 heterocycles. The second kappa shape index (κ2) is 23.5. The maximum Gasteiger partial charge on any atom is 0.461 e. The first kappa shape index (κ1) is 38.7. The van der Waals surface area contributed by atoms with Gasteiger partial charge in [-0.1, -0.05) is 80.4 Å². The van der Waals surface area contributed by atoms with Gasteiger partial charge in [-0.2, -0.15) is 17.6 Å². The number of halogens is 6. The molecule has 8 heteroatoms. The molecule has 0 saturated carbocycles. The molecule has 0 unspecified atom stereocenters. The molecule has 0 atom stereocenters. The Morgan fingerprint density at radius 1 is 0.816 bits per heavy atom. The highest BCUT2D eigenvalue weighted by atomic mass is 19.3. The summed E-state index contributed by atoms with van der Waals surface area (Å²) in [5, 5.41) is 0. The largest absolute Gasteiger partial charge is 0.461 e. The molecule has 0 aliphatic carbocycles. The van der Waals surface area contributed by atoms with Crippen LogP contribution in [0.25, 0.3) is 0 Å². The van der Waals surface area contributed by atoms with Gasteiger partial charge in [0.2, 0.25) is 0 Å². The van der Waals surface area contributed by atoms with E-state index in [0.717, 1.165) is 17.7 Å². The molecule has 38 heavy (non-hydrogen) atoms. The molecule has 0 radical (unpaired) electrons. The van der Waals surface area contributed by atoms with Gasteiger partial charge in [-0.3, -0.25) is 0 Å². The highest BCUT2D eigenvalue weighted by Crippen LogP contribution is 2.28. The van der Waals surface area contributed by atoms with Crippen LogP contribution in [0, 0.1) is 45.3 Å². The number of rotatable bonds is 3. The molecule has 2 N–H and O–H groups in total. The molecule has 0 saturated heterocycles. The van der Waals surface area contributed by atoms with Crippen molar-refractivity contribution in [2.45, 2.75) is 53.6 Å². The van der Waals surface area contributed by atoms with E-state index < -0.39 is 24.1 Å². The standard InChI is InChI=1S/C9H7F5O.C7H7F.C7H8.C3H8.C2H5N.C2H2/c1-5-2-6(10)4-7(3-5)15-9(13,14)8(11)12;1-6-2-4-7(8)5-3-6;1-7-5-3-2-4-6-7;1-3-2;1-2-3;1-2/h2-4,8H,1H3;2-5H,1H3;2-6H,1H3;3H2,1-2H3;2H,1,3H2;1-2H. The third-order valence-electron chi connectivity index (χ3n) is 3.47. The van der Waals surface area contributed by atoms with Gasteiger partial charge in [0.1, 0.15) is 17.4 Å². The lowest BCUT2D eigenvalue weighted by molar-refractivity contribution is -0.253. The number of alkyl halides is 4. The summed E-state index contributed by atoms with van der Waals surface area (Å²) in [6.45, 7) is 12.8. The molecular weight excluding hydrogens is 504 g/mol. The average molecular weight is 542 g/mol. The van der Waals surface area contributed by atoms with E-state index >= 15 is 0 Å². The molecule has 3 aromatic carbocycles. The minimum Gasteiger partial charge on any atom is -0.428 e. The van der Waals surface area contributed by atoms with Gasteiger partial charge in [0.15, 0.2) is 0 Å². The Morgan fingerprint density at radius 3 is 1.55 bits per heavy atom. The Balaban J connectivity index is -0.000000450. The molecule has 0 aliphatic rings. The number of nitrogens with two attached hydrogens (primary N) is 1. The van der Waals surface area contributed by atoms with Gasteiger partial charge in [-0.15, -0.1) is 12.8 Å². The molecule has 0 aliphatic heterocycles. The van der Waals surface area contributed by atoms with Gasteiger partial charge >= 0.3 is 12.5 Å². The predicted molar refractivity (Wildman–Crippen MR) is 145 cm³/mol. The number of benzene rings is 3. The van der Waals surface area contributed by atoms with Crippen molar-refractivity contribution in [3.63, 3.8) is 0 Å². The van der Waals surface area contributed by atoms with E-state index in [4.69, 9.17) is 0 Å². The third-order valence-corrected chi connectivity index (χ3v) is 3.47. The summed E-state index contributed by atoms with van der Waals surface area (Å²) in [4.78, 5) is 0. The molecular formula is C30H37F6NO. The lowest BCUT2D eigenvalue weighted by Gasteiger charge is -2.16. The van der Waals surface area contributed by atoms with Crippen molar-refractivity contribution in [3.8, 4) is 18.6 Å². The molecule has 0 aromatic heterocycles. The molecule has 210 valence electrons. The molecule has 0 bridgehead atoms. The zero-order chi connectivity index (χ0) is 30.1. The SMILES string of the molecule is C#C.C=CN.CCC.Cc1cc(F)cc(OC(F)(F)C(F)F)c1.Cc1ccc(F)cc1.Cc1ccccc1. The van der Waals surface area contributed by atoms with E-state index in [9.17, 15) is 26.3 Å². The summed E-state index contributed by atoms with van der Waals surface area (Å²) in [5.74, 6) is -1.62. The van der Waals surface area contributed by atoms with Crippen molar-refractivity contribution < 1.29 is 31.1 Å². The first-order chi connectivity index (χ1) is 17.8. The molecule has 2 nitrogen and oxygen atoms in total. The van der Waals surface area contributed by atoms with Gasteiger partial charge in [0, 0.05) is 6.07 Å². The monoisotopic (exact) mass is 541 g/mol. The quantitative estimate of drug-likeness (QED) is 0.265. The van der Waals surface area contributed by atoms with E-state index in [1.54, 1.807) is 12.1 Å². The molecule has 0 amide bonds. The van der Waals surface area contributed by atoms with Crippen molar-refractivity contribution in [2.75, 3.05) is 0 Å². The van der Waals surface area contributed by atoms with Crippen LogP contribution in [-0.2, 0) is 0 Å². The van der Waals surface area contributed by atoms with Crippen LogP contribution < -0.4 is 10.5 Å². The predicted octanol–water partition coefficient (Wildman–Crippen LogP) is 9.25. The molecule has 3 rings (SSSR count). The fourth-order valence-electron chi connectivity index (χ4n) is 2.03. The highest BCUT2D eigenvalue weighted by molar-refractivity contribution is 5.29. The average Bonchev–Trinajstić information content (AvgIpc) is 2.84. The Hall–Kier alpha value is -3.86. The highest BCUT2D eigenvalue weighted by Gasteiger charge is 2.44. The summed E-state index contributed by atoms with van der Waals surface area (Å²) in [7, 11) is 0. The number of hydrogen-bond donors (Lipinski definition) is 1. The van der Waals surface area contributed by atoms with Crippen LogP contribution in [0.2, 0.25) is 0 Å². The number of ether oxygens (including phenoxy) is 1. The Bertz CT molecular complexity index is 949. The van der Waals surface area contributed by atoms with Crippen LogP contribution in [0.15, 0.2) is 85.6 Å². The number of terminal acetylenes is 1. The lowest BCUT2D eigenvalue weighted by atomic mass is 10.2. The van der Waals surface area contributed by atoms with Gasteiger partial charge in [-0.25, -0.2) is 8.78 Å². The Kier molecular flexibility index (Phi) is 23.9. The minimum atomic E-state index is -4.61. The number of hydrogen-bond acceptors (Lipinski definition) is 2. The maximum absolute atomic E-state index is 12.7. The van der Waals surface area contributed by atoms with E-state index in [-0.39, 0.29) is 5.82 Å². The van der Waals surface area contributed by atoms with E-state index in [2.05, 4.69) is 62.8 Å². The smallest absolute Gasteiger partial charge is 0.428 e. The second-order valence-electron chi connectivity index (χ2n) is 7.32. The van der Waals surface area contributed by atoms with E-state index in [1.807, 2.05) is 25.1 Å². The number of aryl methyl sites for hydroxylation is 3. The van der Waals surface area contributed by atoms with Gasteiger partial charge in [0.05, 0.1) is 0 Å². The van der Waals surface area contributed by atoms with Crippen LogP contribution >= 0.6 is 0 Å². The normalized spacial score (nSPS) is 9.11. The zero-order valence-electron chi connectivity index (χ0n) is 22.4. The summed E-state index contributed by atoms with van der Waals surface area (Å²) >= 11 is 0. The Labute approximate surface area is 223 Å². The first-order valence-corrected chi connectivity index (χ1v) is 11.3. The molecule has 3 aromatic rings. The van der Waals surface area contributed by atoms with E-state index in [1.165, 1.54) is 37.2 Å². The second-order valence-corrected chi connectivity index (χ2v) is 7.32. The Morgan fingerprint density at radius 2 is 1.24 bits per heavy atom. The summed E-state index contributed by atoms with van der Waals surface area (Å²) in [6, 6.07) is 19.4. The summed E-state index contributed by atoms with van der Waals surface area (Å²) in [6.07, 6.45) is 1.93. The van der Waals surface area contributed by atoms with Crippen molar-refractivity contribution >= 4 is 0 Å². The third kappa shape index (κ3) is 22.6. The van der Waals surface area contributed by atoms with Crippen LogP contribution in [-0.4, -0.2) is 12.5 Å². The van der Waals surface area contributed by atoms with E-state index in [0.29, 0.717) is 11.6 Å².